The van der Waals surface area contributed by atoms with Crippen molar-refractivity contribution in [3.05, 3.63) is 40.4 Å². The van der Waals surface area contributed by atoms with E-state index in [1.54, 1.807) is 0 Å². The Morgan fingerprint density at radius 3 is 2.30 bits per heavy atom. The van der Waals surface area contributed by atoms with Crippen LogP contribution in [0.1, 0.15) is 35.9 Å². The van der Waals surface area contributed by atoms with Crippen molar-refractivity contribution >= 4 is 34.0 Å². The molecular formula is C17H21N3O2S. The van der Waals surface area contributed by atoms with Crippen LogP contribution in [0.4, 0.5) is 10.8 Å². The average molecular weight is 331 g/mol. The van der Waals surface area contributed by atoms with E-state index in [2.05, 4.69) is 22.5 Å². The Labute approximate surface area is 140 Å². The van der Waals surface area contributed by atoms with E-state index < -0.39 is 11.8 Å². The number of unbranched alkanes of at least 4 members (excludes halogenated alkanes) is 1. The maximum atomic E-state index is 11.9. The predicted molar refractivity (Wildman–Crippen MR) is 93.9 cm³/mol. The first-order valence-electron chi connectivity index (χ1n) is 7.65. The molecule has 1 aromatic carbocycles. The van der Waals surface area contributed by atoms with Gasteiger partial charge in [-0.1, -0.05) is 25.5 Å². The second kappa shape index (κ2) is 7.87. The number of aryl methyl sites for hydroxylation is 3. The Morgan fingerprint density at radius 2 is 1.74 bits per heavy atom. The number of nitrogens with zero attached hydrogens (tertiary/aromatic N) is 1. The molecule has 0 bridgehead atoms. The molecule has 1 heterocycles. The Bertz CT molecular complexity index is 673. The van der Waals surface area contributed by atoms with Gasteiger partial charge in [-0.25, -0.2) is 4.98 Å². The molecule has 0 fully saturated rings. The molecule has 0 saturated carbocycles. The first kappa shape index (κ1) is 17.1. The van der Waals surface area contributed by atoms with E-state index in [1.165, 1.54) is 16.9 Å². The molecule has 2 rings (SSSR count). The molecule has 2 N–H and O–H groups in total. The summed E-state index contributed by atoms with van der Waals surface area (Å²) in [6.07, 6.45) is 3.31. The Morgan fingerprint density at radius 1 is 1.09 bits per heavy atom. The maximum absolute atomic E-state index is 11.9. The lowest BCUT2D eigenvalue weighted by atomic mass is 10.1. The van der Waals surface area contributed by atoms with E-state index in [0.29, 0.717) is 10.8 Å². The molecule has 0 aliphatic carbocycles. The quantitative estimate of drug-likeness (QED) is 0.821. The van der Waals surface area contributed by atoms with E-state index in [4.69, 9.17) is 0 Å². The third-order valence-corrected chi connectivity index (χ3v) is 4.47. The van der Waals surface area contributed by atoms with Crippen LogP contribution in [-0.2, 0) is 16.0 Å². The molecule has 0 spiro atoms. The van der Waals surface area contributed by atoms with Crippen LogP contribution in [0.15, 0.2) is 24.3 Å². The molecule has 0 aliphatic rings. The van der Waals surface area contributed by atoms with Gasteiger partial charge >= 0.3 is 11.8 Å². The lowest BCUT2D eigenvalue weighted by Gasteiger charge is -2.06. The zero-order chi connectivity index (χ0) is 16.8. The monoisotopic (exact) mass is 331 g/mol. The summed E-state index contributed by atoms with van der Waals surface area (Å²) in [5.41, 5.74) is 2.69. The van der Waals surface area contributed by atoms with Crippen LogP contribution < -0.4 is 10.6 Å². The summed E-state index contributed by atoms with van der Waals surface area (Å²) in [7, 11) is 0. The van der Waals surface area contributed by atoms with Gasteiger partial charge in [0, 0.05) is 10.6 Å². The van der Waals surface area contributed by atoms with Crippen LogP contribution in [0.25, 0.3) is 0 Å². The van der Waals surface area contributed by atoms with Gasteiger partial charge in [0.05, 0.1) is 5.69 Å². The molecule has 2 aromatic rings. The van der Waals surface area contributed by atoms with E-state index in [0.717, 1.165) is 29.8 Å². The summed E-state index contributed by atoms with van der Waals surface area (Å²) < 4.78 is 0. The number of hydrogen-bond donors (Lipinski definition) is 2. The highest BCUT2D eigenvalue weighted by Crippen LogP contribution is 2.21. The molecule has 23 heavy (non-hydrogen) atoms. The number of carbonyl (C=O) groups excluding carboxylic acids is 2. The van der Waals surface area contributed by atoms with Crippen molar-refractivity contribution in [1.29, 1.82) is 0 Å². The number of carbonyl (C=O) groups is 2. The van der Waals surface area contributed by atoms with Crippen molar-refractivity contribution in [2.24, 2.45) is 0 Å². The summed E-state index contributed by atoms with van der Waals surface area (Å²) in [6.45, 7) is 5.93. The van der Waals surface area contributed by atoms with Crippen LogP contribution in [0.2, 0.25) is 0 Å². The van der Waals surface area contributed by atoms with E-state index in [1.807, 2.05) is 38.1 Å². The molecule has 6 heteroatoms. The highest BCUT2D eigenvalue weighted by molar-refractivity contribution is 7.15. The fourth-order valence-corrected chi connectivity index (χ4v) is 2.81. The number of thiazole rings is 1. The van der Waals surface area contributed by atoms with Crippen molar-refractivity contribution in [3.63, 3.8) is 0 Å². The van der Waals surface area contributed by atoms with Crippen molar-refractivity contribution < 1.29 is 9.59 Å². The fraction of sp³-hybridized carbons (Fsp3) is 0.353. The number of amides is 2. The number of nitrogens with one attached hydrogen (secondary N) is 2. The van der Waals surface area contributed by atoms with E-state index in [-0.39, 0.29) is 0 Å². The van der Waals surface area contributed by atoms with Gasteiger partial charge in [-0.05, 0) is 44.4 Å². The zero-order valence-corrected chi connectivity index (χ0v) is 14.4. The topological polar surface area (TPSA) is 71.1 Å². The van der Waals surface area contributed by atoms with Crippen LogP contribution in [0, 0.1) is 13.8 Å². The Hall–Kier alpha value is -2.21. The van der Waals surface area contributed by atoms with Crippen LogP contribution in [-0.4, -0.2) is 16.8 Å². The first-order valence-corrected chi connectivity index (χ1v) is 8.46. The third-order valence-electron chi connectivity index (χ3n) is 3.49. The Balaban J connectivity index is 1.91. The molecule has 0 saturated heterocycles. The maximum Gasteiger partial charge on any atom is 0.315 e. The minimum absolute atomic E-state index is 0.440. The average Bonchev–Trinajstić information content (AvgIpc) is 2.84. The lowest BCUT2D eigenvalue weighted by molar-refractivity contribution is -0.132. The molecule has 0 aliphatic heterocycles. The summed E-state index contributed by atoms with van der Waals surface area (Å²) >= 11 is 1.35. The minimum atomic E-state index is -0.714. The number of hydrogen-bond acceptors (Lipinski definition) is 4. The van der Waals surface area contributed by atoms with Crippen molar-refractivity contribution in [2.75, 3.05) is 10.6 Å². The smallest absolute Gasteiger partial charge is 0.315 e. The molecule has 0 radical (unpaired) electrons. The summed E-state index contributed by atoms with van der Waals surface area (Å²) in [5, 5.41) is 5.55. The summed E-state index contributed by atoms with van der Waals surface area (Å²) in [5.74, 6) is -1.41. The number of anilines is 2. The molecule has 1 aromatic heterocycles. The summed E-state index contributed by atoms with van der Waals surface area (Å²) in [4.78, 5) is 29.0. The van der Waals surface area contributed by atoms with Gasteiger partial charge in [-0.2, -0.15) is 0 Å². The molecule has 2 amide bonds. The van der Waals surface area contributed by atoms with E-state index >= 15 is 0 Å². The number of aromatic nitrogens is 1. The Kier molecular flexibility index (Phi) is 5.87. The van der Waals surface area contributed by atoms with Gasteiger partial charge in [-0.3, -0.25) is 14.9 Å². The van der Waals surface area contributed by atoms with Crippen LogP contribution in [0.3, 0.4) is 0 Å². The van der Waals surface area contributed by atoms with Gasteiger partial charge in [0.1, 0.15) is 0 Å². The molecule has 5 nitrogen and oxygen atoms in total. The molecule has 122 valence electrons. The predicted octanol–water partition coefficient (Wildman–Crippen LogP) is 3.68. The normalized spacial score (nSPS) is 10.4. The number of rotatable bonds is 5. The van der Waals surface area contributed by atoms with Crippen molar-refractivity contribution in [1.82, 2.24) is 4.98 Å². The third kappa shape index (κ3) is 4.89. The van der Waals surface area contributed by atoms with Gasteiger partial charge in [0.25, 0.3) is 0 Å². The standard InChI is InChI=1S/C17H21N3O2S/c1-4-5-6-13-7-9-14(10-8-13)19-15(21)16(22)20-17-18-11(2)12(3)23-17/h7-10H,4-6H2,1-3H3,(H,19,21)(H,18,20,22). The van der Waals surface area contributed by atoms with Gasteiger partial charge in [0.15, 0.2) is 5.13 Å². The van der Waals surface area contributed by atoms with E-state index in [9.17, 15) is 9.59 Å². The fourth-order valence-electron chi connectivity index (χ4n) is 2.00. The van der Waals surface area contributed by atoms with Gasteiger partial charge in [0.2, 0.25) is 0 Å². The SMILES string of the molecule is CCCCc1ccc(NC(=O)C(=O)Nc2nc(C)c(C)s2)cc1. The van der Waals surface area contributed by atoms with Crippen LogP contribution in [0.5, 0.6) is 0 Å². The highest BCUT2D eigenvalue weighted by atomic mass is 32.1. The van der Waals surface area contributed by atoms with Crippen molar-refractivity contribution in [2.45, 2.75) is 40.0 Å². The highest BCUT2D eigenvalue weighted by Gasteiger charge is 2.16. The van der Waals surface area contributed by atoms with Crippen molar-refractivity contribution in [3.8, 4) is 0 Å². The lowest BCUT2D eigenvalue weighted by Crippen LogP contribution is -2.29. The first-order chi connectivity index (χ1) is 11.0. The molecule has 0 atom stereocenters. The van der Waals surface area contributed by atoms with Crippen LogP contribution >= 0.6 is 11.3 Å². The van der Waals surface area contributed by atoms with Gasteiger partial charge in [-0.15, -0.1) is 11.3 Å². The number of benzene rings is 1. The summed E-state index contributed by atoms with van der Waals surface area (Å²) in [6, 6.07) is 7.56. The second-order valence-corrected chi connectivity index (χ2v) is 6.57. The van der Waals surface area contributed by atoms with Gasteiger partial charge < -0.3 is 5.32 Å². The second-order valence-electron chi connectivity index (χ2n) is 5.37. The zero-order valence-electron chi connectivity index (χ0n) is 13.6. The molecular weight excluding hydrogens is 310 g/mol. The largest absolute Gasteiger partial charge is 0.318 e. The minimum Gasteiger partial charge on any atom is -0.318 e. The molecule has 0 unspecified atom stereocenters.